The monoisotopic (exact) mass is 545 g/mol. The molecule has 0 saturated carbocycles. The molecule has 0 fully saturated rings. The van der Waals surface area contributed by atoms with Crippen LogP contribution in [0.5, 0.6) is 0 Å². The molecule has 0 radical (unpaired) electrons. The Morgan fingerprint density at radius 3 is 2.22 bits per heavy atom. The SMILES string of the molecule is CC[C@@H](C(=O)NC)N(Cc1ccccc1Cl)C(=O)CN(c1ccccc1F)S(=O)(=O)c1ccc(C)cc1. The first-order valence-corrected chi connectivity index (χ1v) is 13.5. The molecule has 1 atom stereocenters. The van der Waals surface area contributed by atoms with Gasteiger partial charge in [0.2, 0.25) is 11.8 Å². The summed E-state index contributed by atoms with van der Waals surface area (Å²) in [6.07, 6.45) is 0.264. The third-order valence-electron chi connectivity index (χ3n) is 5.94. The maximum atomic E-state index is 14.9. The van der Waals surface area contributed by atoms with Crippen molar-refractivity contribution in [2.75, 3.05) is 17.9 Å². The zero-order valence-corrected chi connectivity index (χ0v) is 22.4. The van der Waals surface area contributed by atoms with E-state index in [2.05, 4.69) is 5.32 Å². The van der Waals surface area contributed by atoms with Crippen molar-refractivity contribution in [1.82, 2.24) is 10.2 Å². The minimum absolute atomic E-state index is 0.0415. The summed E-state index contributed by atoms with van der Waals surface area (Å²) in [6, 6.07) is 17.4. The third-order valence-corrected chi connectivity index (χ3v) is 8.08. The van der Waals surface area contributed by atoms with Gasteiger partial charge in [0, 0.05) is 18.6 Å². The number of likely N-dealkylation sites (N-methyl/N-ethyl adjacent to an activating group) is 1. The number of halogens is 2. The molecule has 7 nitrogen and oxygen atoms in total. The van der Waals surface area contributed by atoms with Crippen LogP contribution in [0.3, 0.4) is 0 Å². The first-order valence-electron chi connectivity index (χ1n) is 11.7. The van der Waals surface area contributed by atoms with Crippen LogP contribution in [0.15, 0.2) is 77.7 Å². The summed E-state index contributed by atoms with van der Waals surface area (Å²) >= 11 is 6.33. The number of carbonyl (C=O) groups is 2. The van der Waals surface area contributed by atoms with Gasteiger partial charge in [0.15, 0.2) is 0 Å². The van der Waals surface area contributed by atoms with Gasteiger partial charge in [-0.3, -0.25) is 13.9 Å². The van der Waals surface area contributed by atoms with Crippen LogP contribution >= 0.6 is 11.6 Å². The number of carbonyl (C=O) groups excluding carboxylic acids is 2. The Morgan fingerprint density at radius 1 is 1.00 bits per heavy atom. The van der Waals surface area contributed by atoms with E-state index >= 15 is 0 Å². The molecule has 0 aliphatic carbocycles. The zero-order valence-electron chi connectivity index (χ0n) is 20.8. The number of hydrogen-bond acceptors (Lipinski definition) is 4. The fourth-order valence-corrected chi connectivity index (χ4v) is 5.52. The second-order valence-corrected chi connectivity index (χ2v) is 10.7. The minimum atomic E-state index is -4.34. The van der Waals surface area contributed by atoms with Crippen molar-refractivity contribution in [3.8, 4) is 0 Å². The lowest BCUT2D eigenvalue weighted by atomic mass is 10.1. The molecule has 37 heavy (non-hydrogen) atoms. The number of aryl methyl sites for hydroxylation is 1. The maximum absolute atomic E-state index is 14.9. The van der Waals surface area contributed by atoms with Crippen LogP contribution in [0.2, 0.25) is 5.02 Å². The van der Waals surface area contributed by atoms with E-state index in [4.69, 9.17) is 11.6 Å². The van der Waals surface area contributed by atoms with Gasteiger partial charge in [-0.25, -0.2) is 12.8 Å². The molecular weight excluding hydrogens is 517 g/mol. The number of benzene rings is 3. The van der Waals surface area contributed by atoms with Gasteiger partial charge in [-0.05, 0) is 49.2 Å². The number of amides is 2. The predicted octanol–water partition coefficient (Wildman–Crippen LogP) is 4.54. The summed E-state index contributed by atoms with van der Waals surface area (Å²) in [6.45, 7) is 2.78. The van der Waals surface area contributed by atoms with Crippen molar-refractivity contribution in [3.05, 3.63) is 94.8 Å². The average molecular weight is 546 g/mol. The van der Waals surface area contributed by atoms with Gasteiger partial charge in [0.25, 0.3) is 10.0 Å². The van der Waals surface area contributed by atoms with Crippen molar-refractivity contribution >= 4 is 39.1 Å². The normalized spacial score (nSPS) is 12.0. The third kappa shape index (κ3) is 6.47. The van der Waals surface area contributed by atoms with E-state index in [0.717, 1.165) is 15.9 Å². The highest BCUT2D eigenvalue weighted by Gasteiger charge is 2.34. The Hall–Kier alpha value is -3.43. The van der Waals surface area contributed by atoms with Crippen molar-refractivity contribution in [2.45, 2.75) is 37.8 Å². The highest BCUT2D eigenvalue weighted by Crippen LogP contribution is 2.27. The summed E-state index contributed by atoms with van der Waals surface area (Å²) in [4.78, 5) is 27.7. The van der Waals surface area contributed by atoms with Gasteiger partial charge in [0.1, 0.15) is 18.4 Å². The van der Waals surface area contributed by atoms with Crippen molar-refractivity contribution < 1.29 is 22.4 Å². The molecule has 0 unspecified atom stereocenters. The number of nitrogens with zero attached hydrogens (tertiary/aromatic N) is 2. The highest BCUT2D eigenvalue weighted by atomic mass is 35.5. The van der Waals surface area contributed by atoms with Gasteiger partial charge in [-0.2, -0.15) is 0 Å². The Labute approximate surface area is 221 Å². The van der Waals surface area contributed by atoms with Crippen LogP contribution in [0.25, 0.3) is 0 Å². The number of nitrogens with one attached hydrogen (secondary N) is 1. The smallest absolute Gasteiger partial charge is 0.264 e. The number of para-hydroxylation sites is 1. The lowest BCUT2D eigenvalue weighted by Gasteiger charge is -2.33. The van der Waals surface area contributed by atoms with E-state index < -0.39 is 40.2 Å². The van der Waals surface area contributed by atoms with E-state index in [1.165, 1.54) is 42.3 Å². The maximum Gasteiger partial charge on any atom is 0.264 e. The first kappa shape index (κ1) is 28.1. The molecule has 3 aromatic carbocycles. The molecule has 3 rings (SSSR count). The van der Waals surface area contributed by atoms with Gasteiger partial charge in [-0.15, -0.1) is 0 Å². The molecule has 196 valence electrons. The second-order valence-electron chi connectivity index (χ2n) is 8.43. The van der Waals surface area contributed by atoms with Crippen LogP contribution < -0.4 is 9.62 Å². The number of hydrogen-bond donors (Lipinski definition) is 1. The summed E-state index contributed by atoms with van der Waals surface area (Å²) in [5, 5.41) is 2.94. The molecule has 1 N–H and O–H groups in total. The summed E-state index contributed by atoms with van der Waals surface area (Å²) in [7, 11) is -2.89. The first-order chi connectivity index (χ1) is 17.6. The largest absolute Gasteiger partial charge is 0.357 e. The predicted molar refractivity (Wildman–Crippen MR) is 142 cm³/mol. The van der Waals surface area contributed by atoms with Crippen molar-refractivity contribution in [2.24, 2.45) is 0 Å². The summed E-state index contributed by atoms with van der Waals surface area (Å²) < 4.78 is 43.0. The fourth-order valence-electron chi connectivity index (χ4n) is 3.90. The van der Waals surface area contributed by atoms with Gasteiger partial charge < -0.3 is 10.2 Å². The van der Waals surface area contributed by atoms with E-state index in [-0.39, 0.29) is 23.5 Å². The second kappa shape index (κ2) is 12.2. The molecule has 0 spiro atoms. The van der Waals surface area contributed by atoms with E-state index in [1.54, 1.807) is 43.3 Å². The molecule has 10 heteroatoms. The highest BCUT2D eigenvalue weighted by molar-refractivity contribution is 7.92. The quantitative estimate of drug-likeness (QED) is 0.405. The van der Waals surface area contributed by atoms with Gasteiger partial charge in [0.05, 0.1) is 10.6 Å². The molecule has 0 saturated heterocycles. The van der Waals surface area contributed by atoms with E-state index in [0.29, 0.717) is 10.6 Å². The molecular formula is C27H29ClFN3O4S. The molecule has 3 aromatic rings. The van der Waals surface area contributed by atoms with Crippen LogP contribution in [0.4, 0.5) is 10.1 Å². The van der Waals surface area contributed by atoms with Gasteiger partial charge >= 0.3 is 0 Å². The Bertz CT molecular complexity index is 1370. The lowest BCUT2D eigenvalue weighted by Crippen LogP contribution is -2.51. The standard InChI is InChI=1S/C27H29ClFN3O4S/c1-4-24(27(34)30-3)31(17-20-9-5-6-10-22(20)28)26(33)18-32(25-12-8-7-11-23(25)29)37(35,36)21-15-13-19(2)14-16-21/h5-16,24H,4,17-18H2,1-3H3,(H,30,34)/t24-/m0/s1. The molecule has 2 amide bonds. The Morgan fingerprint density at radius 2 is 1.62 bits per heavy atom. The van der Waals surface area contributed by atoms with E-state index in [9.17, 15) is 22.4 Å². The van der Waals surface area contributed by atoms with Crippen LogP contribution in [0, 0.1) is 12.7 Å². The number of rotatable bonds is 10. The topological polar surface area (TPSA) is 86.8 Å². The van der Waals surface area contributed by atoms with Crippen molar-refractivity contribution in [1.29, 1.82) is 0 Å². The Balaban J connectivity index is 2.08. The van der Waals surface area contributed by atoms with Crippen LogP contribution in [-0.2, 0) is 26.2 Å². The zero-order chi connectivity index (χ0) is 27.2. The van der Waals surface area contributed by atoms with E-state index in [1.807, 2.05) is 6.92 Å². The summed E-state index contributed by atoms with van der Waals surface area (Å²) in [5.74, 6) is -1.90. The molecule has 0 aromatic heterocycles. The summed E-state index contributed by atoms with van der Waals surface area (Å²) in [5.41, 5.74) is 1.15. The minimum Gasteiger partial charge on any atom is -0.357 e. The van der Waals surface area contributed by atoms with Gasteiger partial charge in [-0.1, -0.05) is 66.6 Å². The molecule has 0 bridgehead atoms. The van der Waals surface area contributed by atoms with Crippen molar-refractivity contribution in [3.63, 3.8) is 0 Å². The molecule has 0 aliphatic rings. The van der Waals surface area contributed by atoms with Crippen LogP contribution in [-0.4, -0.2) is 44.8 Å². The lowest BCUT2D eigenvalue weighted by molar-refractivity contribution is -0.140. The average Bonchev–Trinajstić information content (AvgIpc) is 2.88. The fraction of sp³-hybridized carbons (Fsp3) is 0.259. The number of sulfonamides is 1. The van der Waals surface area contributed by atoms with Crippen LogP contribution in [0.1, 0.15) is 24.5 Å². The molecule has 0 aliphatic heterocycles. The molecule has 0 heterocycles. The Kier molecular flexibility index (Phi) is 9.29. The number of anilines is 1.